The van der Waals surface area contributed by atoms with E-state index >= 15 is 0 Å². The molecule has 0 aromatic heterocycles. The van der Waals surface area contributed by atoms with E-state index in [0.29, 0.717) is 24.3 Å². The molecule has 0 radical (unpaired) electrons. The number of carbonyl (C=O) groups excluding carboxylic acids is 1. The van der Waals surface area contributed by atoms with E-state index < -0.39 is 0 Å². The van der Waals surface area contributed by atoms with Crippen LogP contribution in [0.4, 0.5) is 4.79 Å². The van der Waals surface area contributed by atoms with E-state index in [1.54, 1.807) is 0 Å². The van der Waals surface area contributed by atoms with Gasteiger partial charge in [0.15, 0.2) is 0 Å². The zero-order valence-electron chi connectivity index (χ0n) is 15.0. The molecule has 2 amide bonds. The van der Waals surface area contributed by atoms with Crippen molar-refractivity contribution in [2.45, 2.75) is 46.6 Å². The first-order chi connectivity index (χ1) is 10.3. The Morgan fingerprint density at radius 2 is 1.95 bits per heavy atom. The third kappa shape index (κ3) is 6.13. The summed E-state index contributed by atoms with van der Waals surface area (Å²) in [7, 11) is 2.12. The number of aliphatic hydroxyl groups is 1. The summed E-state index contributed by atoms with van der Waals surface area (Å²) in [4.78, 5) is 16.8. The summed E-state index contributed by atoms with van der Waals surface area (Å²) in [6, 6.07) is 0.332. The van der Waals surface area contributed by atoms with Crippen molar-refractivity contribution < 1.29 is 9.90 Å². The van der Waals surface area contributed by atoms with Gasteiger partial charge in [0, 0.05) is 38.8 Å². The molecule has 5 heteroatoms. The number of rotatable bonds is 7. The SMILES string of the molecule is CC(C)CC(CCO)CNC(=O)N1CCN(C)CC1C(C)C. The molecule has 0 aromatic rings. The summed E-state index contributed by atoms with van der Waals surface area (Å²) < 4.78 is 0. The number of aliphatic hydroxyl groups excluding tert-OH is 1. The molecule has 2 atom stereocenters. The number of piperazine rings is 1. The van der Waals surface area contributed by atoms with Gasteiger partial charge in [-0.2, -0.15) is 0 Å². The van der Waals surface area contributed by atoms with Gasteiger partial charge in [-0.1, -0.05) is 27.7 Å². The van der Waals surface area contributed by atoms with Gasteiger partial charge in [0.2, 0.25) is 0 Å². The van der Waals surface area contributed by atoms with Crippen molar-refractivity contribution in [2.75, 3.05) is 39.8 Å². The highest BCUT2D eigenvalue weighted by Gasteiger charge is 2.31. The summed E-state index contributed by atoms with van der Waals surface area (Å²) in [6.45, 7) is 12.2. The van der Waals surface area contributed by atoms with Gasteiger partial charge in [-0.15, -0.1) is 0 Å². The molecule has 1 aliphatic rings. The van der Waals surface area contributed by atoms with E-state index in [-0.39, 0.29) is 18.7 Å². The predicted molar refractivity (Wildman–Crippen MR) is 90.9 cm³/mol. The Labute approximate surface area is 136 Å². The Balaban J connectivity index is 2.54. The van der Waals surface area contributed by atoms with Crippen LogP contribution >= 0.6 is 0 Å². The van der Waals surface area contributed by atoms with E-state index in [4.69, 9.17) is 0 Å². The van der Waals surface area contributed by atoms with Gasteiger partial charge >= 0.3 is 6.03 Å². The molecule has 130 valence electrons. The van der Waals surface area contributed by atoms with E-state index in [1.807, 2.05) is 4.90 Å². The smallest absolute Gasteiger partial charge is 0.317 e. The van der Waals surface area contributed by atoms with Crippen LogP contribution in [0, 0.1) is 17.8 Å². The van der Waals surface area contributed by atoms with Crippen LogP contribution < -0.4 is 5.32 Å². The second-order valence-electron chi connectivity index (χ2n) is 7.46. The van der Waals surface area contributed by atoms with Gasteiger partial charge in [0.1, 0.15) is 0 Å². The number of likely N-dealkylation sites (N-methyl/N-ethyl adjacent to an activating group) is 1. The molecule has 0 spiro atoms. The lowest BCUT2D eigenvalue weighted by molar-refractivity contribution is 0.0846. The Kier molecular flexibility index (Phi) is 8.18. The van der Waals surface area contributed by atoms with Gasteiger partial charge in [0.25, 0.3) is 0 Å². The van der Waals surface area contributed by atoms with Gasteiger partial charge in [-0.3, -0.25) is 0 Å². The van der Waals surface area contributed by atoms with Crippen molar-refractivity contribution in [2.24, 2.45) is 17.8 Å². The van der Waals surface area contributed by atoms with Crippen LogP contribution in [0.1, 0.15) is 40.5 Å². The summed E-state index contributed by atoms with van der Waals surface area (Å²) in [5.74, 6) is 1.40. The average Bonchev–Trinajstić information content (AvgIpc) is 2.44. The van der Waals surface area contributed by atoms with Crippen molar-refractivity contribution in [3.63, 3.8) is 0 Å². The zero-order valence-corrected chi connectivity index (χ0v) is 15.0. The standard InChI is InChI=1S/C17H35N3O2/c1-13(2)10-15(6-9-21)11-18-17(22)20-8-7-19(5)12-16(20)14(3)4/h13-16,21H,6-12H2,1-5H3,(H,18,22). The number of nitrogens with one attached hydrogen (secondary N) is 1. The van der Waals surface area contributed by atoms with E-state index in [9.17, 15) is 9.90 Å². The van der Waals surface area contributed by atoms with E-state index in [2.05, 4.69) is 45.0 Å². The molecule has 1 aliphatic heterocycles. The summed E-state index contributed by atoms with van der Waals surface area (Å²) >= 11 is 0. The zero-order chi connectivity index (χ0) is 16.7. The maximum atomic E-state index is 12.5. The first-order valence-electron chi connectivity index (χ1n) is 8.69. The maximum absolute atomic E-state index is 12.5. The van der Waals surface area contributed by atoms with Crippen molar-refractivity contribution in [3.05, 3.63) is 0 Å². The molecule has 1 heterocycles. The third-order valence-electron chi connectivity index (χ3n) is 4.54. The number of hydrogen-bond donors (Lipinski definition) is 2. The lowest BCUT2D eigenvalue weighted by Crippen LogP contribution is -2.58. The molecular weight excluding hydrogens is 278 g/mol. The third-order valence-corrected chi connectivity index (χ3v) is 4.54. The van der Waals surface area contributed by atoms with Crippen LogP contribution in [0.2, 0.25) is 0 Å². The molecule has 1 fully saturated rings. The molecule has 22 heavy (non-hydrogen) atoms. The molecule has 2 N–H and O–H groups in total. The first kappa shape index (κ1) is 19.2. The first-order valence-corrected chi connectivity index (χ1v) is 8.69. The second kappa shape index (κ2) is 9.36. The molecule has 0 aliphatic carbocycles. The summed E-state index contributed by atoms with van der Waals surface area (Å²) in [5.41, 5.74) is 0. The molecule has 5 nitrogen and oxygen atoms in total. The molecule has 0 bridgehead atoms. The molecule has 0 aromatic carbocycles. The fourth-order valence-electron chi connectivity index (χ4n) is 3.26. The van der Waals surface area contributed by atoms with Crippen LogP contribution in [0.3, 0.4) is 0 Å². The van der Waals surface area contributed by atoms with Crippen molar-refractivity contribution in [1.82, 2.24) is 15.1 Å². The highest BCUT2D eigenvalue weighted by Crippen LogP contribution is 2.18. The minimum Gasteiger partial charge on any atom is -0.396 e. The van der Waals surface area contributed by atoms with E-state index in [0.717, 1.165) is 32.5 Å². The summed E-state index contributed by atoms with van der Waals surface area (Å²) in [5, 5.41) is 12.3. The number of carbonyl (C=O) groups is 1. The van der Waals surface area contributed by atoms with Gasteiger partial charge in [-0.05, 0) is 37.6 Å². The number of hydrogen-bond acceptors (Lipinski definition) is 3. The minimum atomic E-state index is 0.0542. The number of urea groups is 1. The normalized spacial score (nSPS) is 21.5. The van der Waals surface area contributed by atoms with Crippen molar-refractivity contribution >= 4 is 6.03 Å². The monoisotopic (exact) mass is 313 g/mol. The predicted octanol–water partition coefficient (Wildman–Crippen LogP) is 2.01. The van der Waals surface area contributed by atoms with E-state index in [1.165, 1.54) is 0 Å². The Morgan fingerprint density at radius 3 is 2.50 bits per heavy atom. The van der Waals surface area contributed by atoms with Crippen LogP contribution in [-0.2, 0) is 0 Å². The number of nitrogens with zero attached hydrogens (tertiary/aromatic N) is 2. The summed E-state index contributed by atoms with van der Waals surface area (Å²) in [6.07, 6.45) is 1.80. The maximum Gasteiger partial charge on any atom is 0.317 e. The average molecular weight is 313 g/mol. The Hall–Kier alpha value is -0.810. The fraction of sp³-hybridized carbons (Fsp3) is 0.941. The van der Waals surface area contributed by atoms with Crippen LogP contribution in [0.15, 0.2) is 0 Å². The van der Waals surface area contributed by atoms with Crippen LogP contribution in [-0.4, -0.2) is 66.8 Å². The quantitative estimate of drug-likeness (QED) is 0.756. The van der Waals surface area contributed by atoms with Gasteiger partial charge in [0.05, 0.1) is 0 Å². The van der Waals surface area contributed by atoms with Crippen molar-refractivity contribution in [3.8, 4) is 0 Å². The molecule has 0 saturated carbocycles. The molecule has 1 rings (SSSR count). The second-order valence-corrected chi connectivity index (χ2v) is 7.46. The van der Waals surface area contributed by atoms with Crippen molar-refractivity contribution in [1.29, 1.82) is 0 Å². The molecule has 2 unspecified atom stereocenters. The van der Waals surface area contributed by atoms with Crippen LogP contribution in [0.25, 0.3) is 0 Å². The lowest BCUT2D eigenvalue weighted by atomic mass is 9.94. The minimum absolute atomic E-state index is 0.0542. The Morgan fingerprint density at radius 1 is 1.27 bits per heavy atom. The lowest BCUT2D eigenvalue weighted by Gasteiger charge is -2.42. The largest absolute Gasteiger partial charge is 0.396 e. The van der Waals surface area contributed by atoms with Gasteiger partial charge in [-0.25, -0.2) is 4.79 Å². The molecule has 1 saturated heterocycles. The molecular formula is C17H35N3O2. The van der Waals surface area contributed by atoms with Gasteiger partial charge < -0.3 is 20.2 Å². The van der Waals surface area contributed by atoms with Crippen LogP contribution in [0.5, 0.6) is 0 Å². The highest BCUT2D eigenvalue weighted by molar-refractivity contribution is 5.74. The Bertz CT molecular complexity index is 334. The number of amides is 2. The highest BCUT2D eigenvalue weighted by atomic mass is 16.3. The topological polar surface area (TPSA) is 55.8 Å². The fourth-order valence-corrected chi connectivity index (χ4v) is 3.26.